The molecular weight excluding hydrogens is 226 g/mol. The van der Waals surface area contributed by atoms with E-state index in [2.05, 4.69) is 10.1 Å². The number of nitrogens with zero attached hydrogens (tertiary/aromatic N) is 2. The number of hydrogen-bond acceptors (Lipinski definition) is 3. The second-order valence-electron chi connectivity index (χ2n) is 2.52. The highest BCUT2D eigenvalue weighted by Gasteiger charge is 2.05. The van der Waals surface area contributed by atoms with E-state index < -0.39 is 0 Å². The van der Waals surface area contributed by atoms with E-state index in [1.54, 1.807) is 4.68 Å². The summed E-state index contributed by atoms with van der Waals surface area (Å²) in [5.74, 6) is 0.768. The van der Waals surface area contributed by atoms with Crippen LogP contribution >= 0.6 is 35.2 Å². The largest absolute Gasteiger partial charge is 0.279 e. The Morgan fingerprint density at radius 3 is 2.85 bits per heavy atom. The molecule has 0 bridgehead atoms. The third-order valence-corrected chi connectivity index (χ3v) is 3.18. The van der Waals surface area contributed by atoms with Crippen LogP contribution in [0.15, 0.2) is 12.1 Å². The van der Waals surface area contributed by atoms with E-state index in [1.165, 1.54) is 11.3 Å². The molecule has 2 aromatic rings. The summed E-state index contributed by atoms with van der Waals surface area (Å²) in [4.78, 5) is 5.16. The van der Waals surface area contributed by atoms with Crippen LogP contribution in [-0.4, -0.2) is 14.8 Å². The van der Waals surface area contributed by atoms with Crippen molar-refractivity contribution in [2.75, 3.05) is 0 Å². The first-order valence-corrected chi connectivity index (χ1v) is 5.16. The Morgan fingerprint density at radius 1 is 1.62 bits per heavy atom. The molecule has 68 valence electrons. The molecule has 0 saturated carbocycles. The van der Waals surface area contributed by atoms with Crippen molar-refractivity contribution >= 4 is 35.2 Å². The van der Waals surface area contributed by atoms with Gasteiger partial charge >= 0.3 is 0 Å². The van der Waals surface area contributed by atoms with Crippen molar-refractivity contribution in [1.29, 1.82) is 0 Å². The van der Waals surface area contributed by atoms with Gasteiger partial charge in [0.1, 0.15) is 0 Å². The molecule has 0 radical (unpaired) electrons. The summed E-state index contributed by atoms with van der Waals surface area (Å²) in [7, 11) is 1.83. The summed E-state index contributed by atoms with van der Waals surface area (Å²) in [6, 6.07) is 3.76. The number of hydrogen-bond donors (Lipinski definition) is 1. The lowest BCUT2D eigenvalue weighted by Crippen LogP contribution is -1.88. The Hall–Kier alpha value is -0.650. The van der Waals surface area contributed by atoms with Crippen LogP contribution in [0.5, 0.6) is 0 Å². The van der Waals surface area contributed by atoms with Crippen molar-refractivity contribution in [1.82, 2.24) is 14.8 Å². The molecule has 3 nitrogen and oxygen atoms in total. The minimum atomic E-state index is 0.541. The SMILES string of the molecule is Cn1[nH]c(-c2ccc(Cl)s2)nc1=S. The van der Waals surface area contributed by atoms with Gasteiger partial charge in [-0.25, -0.2) is 0 Å². The van der Waals surface area contributed by atoms with Gasteiger partial charge < -0.3 is 0 Å². The van der Waals surface area contributed by atoms with Crippen molar-refractivity contribution < 1.29 is 0 Å². The van der Waals surface area contributed by atoms with Crippen molar-refractivity contribution in [2.45, 2.75) is 0 Å². The van der Waals surface area contributed by atoms with Crippen LogP contribution in [-0.2, 0) is 7.05 Å². The van der Waals surface area contributed by atoms with Crippen LogP contribution in [0, 0.1) is 4.77 Å². The molecule has 0 amide bonds. The van der Waals surface area contributed by atoms with Crippen LogP contribution < -0.4 is 0 Å². The van der Waals surface area contributed by atoms with E-state index in [0.29, 0.717) is 4.77 Å². The number of aromatic nitrogens is 3. The number of aryl methyl sites for hydroxylation is 1. The Balaban J connectivity index is 2.52. The van der Waals surface area contributed by atoms with Gasteiger partial charge in [-0.05, 0) is 24.4 Å². The van der Waals surface area contributed by atoms with Crippen LogP contribution in [0.4, 0.5) is 0 Å². The molecule has 2 aromatic heterocycles. The molecule has 0 saturated heterocycles. The van der Waals surface area contributed by atoms with E-state index in [4.69, 9.17) is 23.8 Å². The lowest BCUT2D eigenvalue weighted by Gasteiger charge is -1.88. The van der Waals surface area contributed by atoms with Crippen molar-refractivity contribution in [3.05, 3.63) is 21.2 Å². The molecule has 13 heavy (non-hydrogen) atoms. The highest BCUT2D eigenvalue weighted by molar-refractivity contribution is 7.71. The van der Waals surface area contributed by atoms with Crippen molar-refractivity contribution in [3.8, 4) is 10.7 Å². The molecule has 0 aliphatic carbocycles. The molecule has 0 aliphatic rings. The van der Waals surface area contributed by atoms with Gasteiger partial charge in [0, 0.05) is 7.05 Å². The van der Waals surface area contributed by atoms with Crippen LogP contribution in [0.3, 0.4) is 0 Å². The minimum Gasteiger partial charge on any atom is -0.279 e. The minimum absolute atomic E-state index is 0.541. The molecule has 0 aromatic carbocycles. The average molecular weight is 232 g/mol. The van der Waals surface area contributed by atoms with E-state index >= 15 is 0 Å². The zero-order valence-electron chi connectivity index (χ0n) is 6.74. The summed E-state index contributed by atoms with van der Waals surface area (Å²) < 4.78 is 2.98. The topological polar surface area (TPSA) is 33.6 Å². The first-order chi connectivity index (χ1) is 6.16. The van der Waals surface area contributed by atoms with Gasteiger partial charge in [-0.2, -0.15) is 4.98 Å². The second kappa shape index (κ2) is 3.25. The summed E-state index contributed by atoms with van der Waals surface area (Å²) in [6.07, 6.45) is 0. The van der Waals surface area contributed by atoms with Gasteiger partial charge in [0.25, 0.3) is 0 Å². The number of aromatic amines is 1. The Kier molecular flexibility index (Phi) is 2.23. The van der Waals surface area contributed by atoms with Gasteiger partial charge in [-0.1, -0.05) is 11.6 Å². The van der Waals surface area contributed by atoms with Gasteiger partial charge in [-0.15, -0.1) is 11.3 Å². The zero-order chi connectivity index (χ0) is 9.42. The molecule has 6 heteroatoms. The molecule has 2 heterocycles. The number of rotatable bonds is 1. The maximum atomic E-state index is 5.80. The molecule has 0 unspecified atom stereocenters. The average Bonchev–Trinajstić information content (AvgIpc) is 2.61. The molecule has 1 N–H and O–H groups in total. The van der Waals surface area contributed by atoms with E-state index in [-0.39, 0.29) is 0 Å². The Morgan fingerprint density at radius 2 is 2.38 bits per heavy atom. The molecule has 0 spiro atoms. The number of halogens is 1. The number of H-pyrrole nitrogens is 1. The van der Waals surface area contributed by atoms with E-state index in [0.717, 1.165) is 15.0 Å². The fourth-order valence-electron chi connectivity index (χ4n) is 0.954. The number of nitrogens with one attached hydrogen (secondary N) is 1. The van der Waals surface area contributed by atoms with E-state index in [1.807, 2.05) is 19.2 Å². The number of thiophene rings is 1. The predicted octanol–water partition coefficient (Wildman–Crippen LogP) is 2.86. The molecule has 0 atom stereocenters. The Bertz CT molecular complexity index is 482. The standard InChI is InChI=1S/C7H6ClN3S2/c1-11-7(12)9-6(10-11)4-2-3-5(8)13-4/h2-3H,1H3,(H,9,10,12). The predicted molar refractivity (Wildman–Crippen MR) is 56.7 cm³/mol. The monoisotopic (exact) mass is 231 g/mol. The maximum Gasteiger partial charge on any atom is 0.216 e. The van der Waals surface area contributed by atoms with Crippen molar-refractivity contribution in [3.63, 3.8) is 0 Å². The third kappa shape index (κ3) is 1.67. The van der Waals surface area contributed by atoms with Crippen molar-refractivity contribution in [2.24, 2.45) is 7.05 Å². The quantitative estimate of drug-likeness (QED) is 0.766. The summed E-state index contributed by atoms with van der Waals surface area (Å²) in [5.41, 5.74) is 0. The first-order valence-electron chi connectivity index (χ1n) is 3.55. The van der Waals surface area contributed by atoms with Gasteiger partial charge in [-0.3, -0.25) is 9.78 Å². The smallest absolute Gasteiger partial charge is 0.216 e. The zero-order valence-corrected chi connectivity index (χ0v) is 9.13. The molecule has 2 rings (SSSR count). The van der Waals surface area contributed by atoms with Gasteiger partial charge in [0.05, 0.1) is 9.21 Å². The van der Waals surface area contributed by atoms with Crippen LogP contribution in [0.1, 0.15) is 0 Å². The Labute approximate surface area is 89.0 Å². The van der Waals surface area contributed by atoms with E-state index in [9.17, 15) is 0 Å². The lowest BCUT2D eigenvalue weighted by atomic mass is 10.4. The van der Waals surface area contributed by atoms with Crippen LogP contribution in [0.2, 0.25) is 4.34 Å². The highest BCUT2D eigenvalue weighted by atomic mass is 35.5. The fraction of sp³-hybridized carbons (Fsp3) is 0.143. The van der Waals surface area contributed by atoms with Crippen LogP contribution in [0.25, 0.3) is 10.7 Å². The fourth-order valence-corrected chi connectivity index (χ4v) is 2.07. The maximum absolute atomic E-state index is 5.80. The summed E-state index contributed by atoms with van der Waals surface area (Å²) >= 11 is 12.2. The normalized spacial score (nSPS) is 10.6. The van der Waals surface area contributed by atoms with Gasteiger partial charge in [0.2, 0.25) is 4.77 Å². The lowest BCUT2D eigenvalue weighted by molar-refractivity contribution is 0.756. The second-order valence-corrected chi connectivity index (χ2v) is 4.60. The third-order valence-electron chi connectivity index (χ3n) is 1.57. The molecule has 0 aliphatic heterocycles. The van der Waals surface area contributed by atoms with Gasteiger partial charge in [0.15, 0.2) is 5.82 Å². The summed E-state index contributed by atoms with van der Waals surface area (Å²) in [5, 5.41) is 3.03. The highest BCUT2D eigenvalue weighted by Crippen LogP contribution is 2.28. The first kappa shape index (κ1) is 8.93. The summed E-state index contributed by atoms with van der Waals surface area (Å²) in [6.45, 7) is 0. The molecular formula is C7H6ClN3S2. The molecule has 0 fully saturated rings.